The highest BCUT2D eigenvalue weighted by molar-refractivity contribution is 5.97. The third kappa shape index (κ3) is 3.65. The Morgan fingerprint density at radius 1 is 1.37 bits per heavy atom. The van der Waals surface area contributed by atoms with Crippen molar-refractivity contribution < 1.29 is 42.9 Å². The van der Waals surface area contributed by atoms with E-state index in [-0.39, 0.29) is 36.5 Å². The van der Waals surface area contributed by atoms with Crippen LogP contribution in [0.1, 0.15) is 18.2 Å². The summed E-state index contributed by atoms with van der Waals surface area (Å²) in [7, 11) is 1.97. The lowest BCUT2D eigenvalue weighted by atomic mass is 10.2. The molecule has 1 aliphatic rings. The van der Waals surface area contributed by atoms with Gasteiger partial charge in [0.15, 0.2) is 18.5 Å². The fraction of sp³-hybridized carbons (Fsp3) is 0.462. The van der Waals surface area contributed by atoms with Gasteiger partial charge in [0.2, 0.25) is 0 Å². The summed E-state index contributed by atoms with van der Waals surface area (Å²) < 4.78 is 6.70. The average molecular weight is 376 g/mol. The number of carbonyl (C=O) groups excluding carboxylic acids is 2. The van der Waals surface area contributed by atoms with Crippen LogP contribution in [0.15, 0.2) is 18.3 Å². The van der Waals surface area contributed by atoms with Gasteiger partial charge in [-0.15, -0.1) is 0 Å². The number of amides is 2. The highest BCUT2D eigenvalue weighted by atomic mass is 127. The minimum absolute atomic E-state index is 0. The molecule has 0 radical (unpaired) electrons. The number of halogens is 1. The van der Waals surface area contributed by atoms with Gasteiger partial charge in [-0.3, -0.25) is 4.79 Å². The second-order valence-corrected chi connectivity index (χ2v) is 4.34. The van der Waals surface area contributed by atoms with Crippen molar-refractivity contribution in [2.45, 2.75) is 19.8 Å². The molecule has 2 amide bonds. The minimum atomic E-state index is -0.534. The predicted molar refractivity (Wildman–Crippen MR) is 63.8 cm³/mol. The van der Waals surface area contributed by atoms with Crippen molar-refractivity contribution >= 4 is 12.0 Å². The van der Waals surface area contributed by atoms with E-state index in [2.05, 4.69) is 23.9 Å². The quantitative estimate of drug-likeness (QED) is 0.435. The van der Waals surface area contributed by atoms with Gasteiger partial charge < -0.3 is 28.7 Å². The lowest BCUT2D eigenvalue weighted by Gasteiger charge is -2.09. The molecule has 0 unspecified atom stereocenters. The standard InChI is InChI=1S/C13H17N2O3.HI/c1-3-10-4-5-11(14(2)8-10)6-7-15-12(16)9-18-13(15)17;/h4-5,8H,3,6-7,9H2,1-2H3;1H/q+1;/p-1. The number of aryl methyl sites for hydroxylation is 2. The number of pyridine rings is 1. The maximum absolute atomic E-state index is 11.4. The Kier molecular flexibility index (Phi) is 5.71. The maximum Gasteiger partial charge on any atom is 0.417 e. The minimum Gasteiger partial charge on any atom is -1.00 e. The molecule has 0 aromatic carbocycles. The molecule has 2 rings (SSSR count). The van der Waals surface area contributed by atoms with Crippen LogP contribution in [0.2, 0.25) is 0 Å². The zero-order chi connectivity index (χ0) is 13.1. The van der Waals surface area contributed by atoms with E-state index in [0.717, 1.165) is 17.0 Å². The van der Waals surface area contributed by atoms with Crippen molar-refractivity contribution in [2.24, 2.45) is 7.05 Å². The van der Waals surface area contributed by atoms with Crippen LogP contribution >= 0.6 is 0 Å². The third-order valence-corrected chi connectivity index (χ3v) is 3.14. The number of cyclic esters (lactones) is 1. The van der Waals surface area contributed by atoms with E-state index in [9.17, 15) is 9.59 Å². The topological polar surface area (TPSA) is 50.5 Å². The monoisotopic (exact) mass is 376 g/mol. The summed E-state index contributed by atoms with van der Waals surface area (Å²) in [5.41, 5.74) is 2.35. The number of imide groups is 1. The van der Waals surface area contributed by atoms with Crippen LogP contribution in [-0.2, 0) is 29.4 Å². The molecule has 0 N–H and O–H groups in total. The van der Waals surface area contributed by atoms with Gasteiger partial charge in [0.25, 0.3) is 5.91 Å². The Morgan fingerprint density at radius 3 is 2.63 bits per heavy atom. The molecule has 0 bridgehead atoms. The zero-order valence-electron chi connectivity index (χ0n) is 11.1. The lowest BCUT2D eigenvalue weighted by molar-refractivity contribution is -0.679. The van der Waals surface area contributed by atoms with E-state index in [1.807, 2.05) is 17.7 Å². The molecule has 19 heavy (non-hydrogen) atoms. The second-order valence-electron chi connectivity index (χ2n) is 4.34. The zero-order valence-corrected chi connectivity index (χ0v) is 13.2. The summed E-state index contributed by atoms with van der Waals surface area (Å²) in [5, 5.41) is 0. The Hall–Kier alpha value is -1.18. The smallest absolute Gasteiger partial charge is 0.417 e. The molecule has 0 atom stereocenters. The first-order valence-electron chi connectivity index (χ1n) is 6.06. The van der Waals surface area contributed by atoms with Crippen LogP contribution in [0.25, 0.3) is 0 Å². The Labute approximate surface area is 129 Å². The fourth-order valence-corrected chi connectivity index (χ4v) is 1.99. The fourth-order valence-electron chi connectivity index (χ4n) is 1.99. The number of aromatic nitrogens is 1. The molecule has 0 spiro atoms. The molecule has 0 saturated carbocycles. The summed E-state index contributed by atoms with van der Waals surface area (Å²) in [6.07, 6.45) is 3.17. The summed E-state index contributed by atoms with van der Waals surface area (Å²) in [5.74, 6) is -0.257. The van der Waals surface area contributed by atoms with E-state index >= 15 is 0 Å². The van der Waals surface area contributed by atoms with Gasteiger partial charge in [-0.05, 0) is 12.5 Å². The van der Waals surface area contributed by atoms with Crippen molar-refractivity contribution in [1.82, 2.24) is 4.90 Å². The van der Waals surface area contributed by atoms with Gasteiger partial charge in [-0.1, -0.05) is 6.92 Å². The number of hydrogen-bond donors (Lipinski definition) is 0. The van der Waals surface area contributed by atoms with E-state index < -0.39 is 6.09 Å². The van der Waals surface area contributed by atoms with Gasteiger partial charge in [0.1, 0.15) is 7.05 Å². The van der Waals surface area contributed by atoms with Crippen molar-refractivity contribution in [3.63, 3.8) is 0 Å². The first-order chi connectivity index (χ1) is 8.61. The molecule has 1 fully saturated rings. The third-order valence-electron chi connectivity index (χ3n) is 3.14. The first kappa shape index (κ1) is 15.9. The maximum atomic E-state index is 11.4. The number of rotatable bonds is 4. The van der Waals surface area contributed by atoms with Crippen LogP contribution in [0, 0.1) is 0 Å². The largest absolute Gasteiger partial charge is 1.00 e. The summed E-state index contributed by atoms with van der Waals surface area (Å²) >= 11 is 0. The molecule has 0 aliphatic carbocycles. The molecule has 5 nitrogen and oxygen atoms in total. The molecule has 6 heteroatoms. The summed E-state index contributed by atoms with van der Waals surface area (Å²) in [6, 6.07) is 4.10. The summed E-state index contributed by atoms with van der Waals surface area (Å²) in [4.78, 5) is 23.8. The number of carbonyl (C=O) groups is 2. The lowest BCUT2D eigenvalue weighted by Crippen LogP contribution is -3.00. The number of hydrogen-bond acceptors (Lipinski definition) is 3. The highest BCUT2D eigenvalue weighted by Gasteiger charge is 2.30. The molecular weight excluding hydrogens is 359 g/mol. The van der Waals surface area contributed by atoms with E-state index in [1.165, 1.54) is 5.56 Å². The Morgan fingerprint density at radius 2 is 2.11 bits per heavy atom. The Balaban J connectivity index is 0.00000180. The van der Waals surface area contributed by atoms with Crippen molar-refractivity contribution in [3.8, 4) is 0 Å². The molecule has 2 heterocycles. The van der Waals surface area contributed by atoms with Gasteiger partial charge in [0, 0.05) is 18.2 Å². The molecule has 1 aliphatic heterocycles. The molecule has 1 saturated heterocycles. The summed E-state index contributed by atoms with van der Waals surface area (Å²) in [6.45, 7) is 2.35. The van der Waals surface area contributed by atoms with Gasteiger partial charge in [-0.25, -0.2) is 14.3 Å². The number of ether oxygens (including phenoxy) is 1. The van der Waals surface area contributed by atoms with E-state index in [4.69, 9.17) is 0 Å². The van der Waals surface area contributed by atoms with Crippen molar-refractivity contribution in [1.29, 1.82) is 0 Å². The average Bonchev–Trinajstić information content (AvgIpc) is 2.68. The molecular formula is C13H17IN2O3. The van der Waals surface area contributed by atoms with Gasteiger partial charge in [-0.2, -0.15) is 0 Å². The predicted octanol–water partition coefficient (Wildman–Crippen LogP) is -2.40. The first-order valence-corrected chi connectivity index (χ1v) is 6.06. The van der Waals surface area contributed by atoms with Crippen LogP contribution in [0.5, 0.6) is 0 Å². The van der Waals surface area contributed by atoms with E-state index in [1.54, 1.807) is 0 Å². The van der Waals surface area contributed by atoms with E-state index in [0.29, 0.717) is 13.0 Å². The van der Waals surface area contributed by atoms with Crippen LogP contribution < -0.4 is 28.5 Å². The Bertz CT molecular complexity index is 475. The van der Waals surface area contributed by atoms with Crippen LogP contribution in [-0.4, -0.2) is 30.1 Å². The normalized spacial score (nSPS) is 14.3. The molecule has 1 aromatic rings. The second kappa shape index (κ2) is 6.83. The van der Waals surface area contributed by atoms with Crippen molar-refractivity contribution in [3.05, 3.63) is 29.6 Å². The van der Waals surface area contributed by atoms with Gasteiger partial charge in [0.05, 0.1) is 6.42 Å². The van der Waals surface area contributed by atoms with Gasteiger partial charge >= 0.3 is 6.09 Å². The highest BCUT2D eigenvalue weighted by Crippen LogP contribution is 2.07. The van der Waals surface area contributed by atoms with Crippen molar-refractivity contribution in [2.75, 3.05) is 13.2 Å². The van der Waals surface area contributed by atoms with Crippen LogP contribution in [0.4, 0.5) is 4.79 Å². The number of nitrogens with zero attached hydrogens (tertiary/aromatic N) is 2. The molecule has 104 valence electrons. The molecule has 1 aromatic heterocycles. The van der Waals surface area contributed by atoms with Crippen LogP contribution in [0.3, 0.4) is 0 Å². The SMILES string of the molecule is CCc1ccc(CCN2C(=O)COC2=O)[n+](C)c1.[I-].